The van der Waals surface area contributed by atoms with Crippen LogP contribution in [0.15, 0.2) is 25.0 Å². The maximum Gasteiger partial charge on any atom is 0.148 e. The van der Waals surface area contributed by atoms with E-state index in [0.717, 1.165) is 24.6 Å². The third-order valence-electron chi connectivity index (χ3n) is 2.76. The lowest BCUT2D eigenvalue weighted by molar-refractivity contribution is 0.514. The number of nitrogens with zero attached hydrogens (tertiary/aromatic N) is 3. The minimum atomic E-state index is -0.00697. The molecule has 4 heteroatoms. The van der Waals surface area contributed by atoms with E-state index >= 15 is 0 Å². The second-order valence-corrected chi connectivity index (χ2v) is 5.97. The van der Waals surface area contributed by atoms with Crippen LogP contribution in [-0.2, 0) is 6.54 Å². The molecule has 0 aromatic carbocycles. The van der Waals surface area contributed by atoms with E-state index < -0.39 is 0 Å². The lowest BCUT2D eigenvalue weighted by atomic mass is 10.1. The summed E-state index contributed by atoms with van der Waals surface area (Å²) < 4.78 is 0. The molecule has 0 bridgehead atoms. The van der Waals surface area contributed by atoms with Crippen LogP contribution in [0.5, 0.6) is 0 Å². The quantitative estimate of drug-likeness (QED) is 0.800. The van der Waals surface area contributed by atoms with Crippen LogP contribution in [-0.4, -0.2) is 28.1 Å². The van der Waals surface area contributed by atoms with Gasteiger partial charge in [0.2, 0.25) is 0 Å². The standard InChI is InChI=1S/C15H26N4/c1-7-8-19(15(4,5)6)14-11-16-9-13(18-14)10-17-12(2)3/h7,9,11-12,17H,1,8,10H2,2-6H3. The summed E-state index contributed by atoms with van der Waals surface area (Å²) in [4.78, 5) is 11.2. The van der Waals surface area contributed by atoms with Gasteiger partial charge >= 0.3 is 0 Å². The molecule has 0 aliphatic carbocycles. The Hall–Kier alpha value is -1.42. The van der Waals surface area contributed by atoms with Crippen LogP contribution >= 0.6 is 0 Å². The fourth-order valence-corrected chi connectivity index (χ4v) is 1.76. The summed E-state index contributed by atoms with van der Waals surface area (Å²) in [5.41, 5.74) is 0.956. The fourth-order valence-electron chi connectivity index (χ4n) is 1.76. The molecule has 0 aliphatic heterocycles. The van der Waals surface area contributed by atoms with Gasteiger partial charge in [-0.15, -0.1) is 6.58 Å². The Labute approximate surface area is 117 Å². The number of rotatable bonds is 6. The van der Waals surface area contributed by atoms with Crippen molar-refractivity contribution in [2.45, 2.75) is 52.7 Å². The van der Waals surface area contributed by atoms with E-state index in [1.165, 1.54) is 0 Å². The van der Waals surface area contributed by atoms with E-state index in [1.54, 1.807) is 0 Å². The van der Waals surface area contributed by atoms with Crippen LogP contribution in [0.3, 0.4) is 0 Å². The van der Waals surface area contributed by atoms with Crippen LogP contribution in [0.25, 0.3) is 0 Å². The lowest BCUT2D eigenvalue weighted by Crippen LogP contribution is -2.42. The molecule has 106 valence electrons. The highest BCUT2D eigenvalue weighted by molar-refractivity contribution is 5.40. The first-order valence-corrected chi connectivity index (χ1v) is 6.77. The van der Waals surface area contributed by atoms with Gasteiger partial charge in [0.25, 0.3) is 0 Å². The highest BCUT2D eigenvalue weighted by Crippen LogP contribution is 2.21. The highest BCUT2D eigenvalue weighted by atomic mass is 15.2. The van der Waals surface area contributed by atoms with E-state index in [-0.39, 0.29) is 5.54 Å². The summed E-state index contributed by atoms with van der Waals surface area (Å²) in [7, 11) is 0. The Morgan fingerprint density at radius 2 is 2.05 bits per heavy atom. The first kappa shape index (κ1) is 15.6. The van der Waals surface area contributed by atoms with Crippen LogP contribution in [0.2, 0.25) is 0 Å². The van der Waals surface area contributed by atoms with Crippen molar-refractivity contribution in [3.8, 4) is 0 Å². The van der Waals surface area contributed by atoms with Crippen molar-refractivity contribution < 1.29 is 0 Å². The van der Waals surface area contributed by atoms with Crippen LogP contribution in [0, 0.1) is 0 Å². The maximum absolute atomic E-state index is 4.68. The number of anilines is 1. The molecule has 0 radical (unpaired) electrons. The summed E-state index contributed by atoms with van der Waals surface area (Å²) in [6.07, 6.45) is 5.52. The Morgan fingerprint density at radius 3 is 2.58 bits per heavy atom. The van der Waals surface area contributed by atoms with E-state index in [2.05, 4.69) is 61.4 Å². The highest BCUT2D eigenvalue weighted by Gasteiger charge is 2.22. The first-order chi connectivity index (χ1) is 8.84. The largest absolute Gasteiger partial charge is 0.347 e. The van der Waals surface area contributed by atoms with Gasteiger partial charge in [-0.1, -0.05) is 19.9 Å². The Bertz CT molecular complexity index is 407. The molecule has 0 unspecified atom stereocenters. The molecule has 0 spiro atoms. The number of hydrogen-bond acceptors (Lipinski definition) is 4. The Balaban J connectivity index is 2.92. The van der Waals surface area contributed by atoms with Crippen molar-refractivity contribution in [2.24, 2.45) is 0 Å². The summed E-state index contributed by atoms with van der Waals surface area (Å²) in [6.45, 7) is 16.1. The predicted molar refractivity (Wildman–Crippen MR) is 81.3 cm³/mol. The molecular formula is C15H26N4. The molecule has 1 aromatic heterocycles. The lowest BCUT2D eigenvalue weighted by Gasteiger charge is -2.35. The molecule has 0 saturated carbocycles. The molecule has 4 nitrogen and oxygen atoms in total. The molecule has 1 aromatic rings. The van der Waals surface area contributed by atoms with Crippen molar-refractivity contribution in [1.82, 2.24) is 15.3 Å². The molecule has 1 heterocycles. The Kier molecular flexibility index (Phi) is 5.48. The van der Waals surface area contributed by atoms with Gasteiger partial charge in [0.05, 0.1) is 11.9 Å². The zero-order valence-corrected chi connectivity index (χ0v) is 12.8. The summed E-state index contributed by atoms with van der Waals surface area (Å²) in [5, 5.41) is 3.36. The van der Waals surface area contributed by atoms with Crippen LogP contribution < -0.4 is 10.2 Å². The molecule has 0 atom stereocenters. The SMILES string of the molecule is C=CCN(c1cncc(CNC(C)C)n1)C(C)(C)C. The normalized spacial score (nSPS) is 11.7. The smallest absolute Gasteiger partial charge is 0.148 e. The van der Waals surface area contributed by atoms with Crippen molar-refractivity contribution in [2.75, 3.05) is 11.4 Å². The zero-order valence-electron chi connectivity index (χ0n) is 12.8. The molecule has 0 amide bonds. The molecule has 19 heavy (non-hydrogen) atoms. The van der Waals surface area contributed by atoms with Crippen molar-refractivity contribution in [1.29, 1.82) is 0 Å². The van der Waals surface area contributed by atoms with E-state index in [9.17, 15) is 0 Å². The van der Waals surface area contributed by atoms with E-state index in [4.69, 9.17) is 0 Å². The van der Waals surface area contributed by atoms with Gasteiger partial charge in [0, 0.05) is 30.9 Å². The van der Waals surface area contributed by atoms with Crippen molar-refractivity contribution in [3.63, 3.8) is 0 Å². The van der Waals surface area contributed by atoms with Crippen molar-refractivity contribution >= 4 is 5.82 Å². The first-order valence-electron chi connectivity index (χ1n) is 6.77. The molecule has 0 aliphatic rings. The third kappa shape index (κ3) is 4.99. The van der Waals surface area contributed by atoms with E-state index in [1.807, 2.05) is 18.5 Å². The van der Waals surface area contributed by atoms with Gasteiger partial charge in [-0.3, -0.25) is 4.98 Å². The van der Waals surface area contributed by atoms with Gasteiger partial charge in [-0.2, -0.15) is 0 Å². The van der Waals surface area contributed by atoms with E-state index in [0.29, 0.717) is 6.04 Å². The van der Waals surface area contributed by atoms with Gasteiger partial charge in [0.1, 0.15) is 5.82 Å². The van der Waals surface area contributed by atoms with Gasteiger partial charge in [-0.05, 0) is 20.8 Å². The Morgan fingerprint density at radius 1 is 1.37 bits per heavy atom. The van der Waals surface area contributed by atoms with Crippen LogP contribution in [0.1, 0.15) is 40.3 Å². The van der Waals surface area contributed by atoms with Gasteiger partial charge < -0.3 is 10.2 Å². The molecule has 1 N–H and O–H groups in total. The summed E-state index contributed by atoms with van der Waals surface area (Å²) >= 11 is 0. The van der Waals surface area contributed by atoms with Crippen LogP contribution in [0.4, 0.5) is 5.82 Å². The second-order valence-electron chi connectivity index (χ2n) is 5.97. The monoisotopic (exact) mass is 262 g/mol. The number of hydrogen-bond donors (Lipinski definition) is 1. The van der Waals surface area contributed by atoms with Gasteiger partial charge in [0.15, 0.2) is 0 Å². The molecule has 0 fully saturated rings. The molecular weight excluding hydrogens is 236 g/mol. The fraction of sp³-hybridized carbons (Fsp3) is 0.600. The molecule has 1 rings (SSSR count). The summed E-state index contributed by atoms with van der Waals surface area (Å²) in [5.74, 6) is 0.899. The van der Waals surface area contributed by atoms with Gasteiger partial charge in [-0.25, -0.2) is 4.98 Å². The average molecular weight is 262 g/mol. The average Bonchev–Trinajstić information content (AvgIpc) is 2.32. The predicted octanol–water partition coefficient (Wildman–Crippen LogP) is 2.77. The minimum absolute atomic E-state index is 0.00697. The van der Waals surface area contributed by atoms with Crippen molar-refractivity contribution in [3.05, 3.63) is 30.7 Å². The minimum Gasteiger partial charge on any atom is -0.347 e. The number of aromatic nitrogens is 2. The maximum atomic E-state index is 4.68. The second kappa shape index (κ2) is 6.66. The molecule has 0 saturated heterocycles. The number of nitrogens with one attached hydrogen (secondary N) is 1. The third-order valence-corrected chi connectivity index (χ3v) is 2.76. The summed E-state index contributed by atoms with van der Waals surface area (Å²) in [6, 6.07) is 0.442. The topological polar surface area (TPSA) is 41.1 Å². The zero-order chi connectivity index (χ0) is 14.5.